The minimum Gasteiger partial charge on any atom is -0.469 e. The summed E-state index contributed by atoms with van der Waals surface area (Å²) in [6.07, 6.45) is 4.02. The molecule has 0 aromatic carbocycles. The third kappa shape index (κ3) is 3.63. The lowest BCUT2D eigenvalue weighted by molar-refractivity contribution is 0.183. The molecule has 0 aliphatic carbocycles. The fourth-order valence-electron chi connectivity index (χ4n) is 1.75. The van der Waals surface area contributed by atoms with Gasteiger partial charge in [0.25, 0.3) is 5.19 Å². The maximum atomic E-state index is 5.70. The van der Waals surface area contributed by atoms with Crippen LogP contribution < -0.4 is 4.74 Å². The highest BCUT2D eigenvalue weighted by Gasteiger charge is 2.09. The van der Waals surface area contributed by atoms with E-state index < -0.39 is 0 Å². The highest BCUT2D eigenvalue weighted by atomic mass is 35.5. The second-order valence-corrected chi connectivity index (χ2v) is 4.89. The number of halogens is 1. The standard InChI is InChI=1S/C10H15ClN2OS/c11-9-8-15-10(12-9)14-7-6-13-4-2-1-3-5-13/h8H,1-7H2. The van der Waals surface area contributed by atoms with Crippen molar-refractivity contribution in [2.45, 2.75) is 19.3 Å². The van der Waals surface area contributed by atoms with E-state index >= 15 is 0 Å². The number of aromatic nitrogens is 1. The molecule has 0 atom stereocenters. The first-order valence-corrected chi connectivity index (χ1v) is 6.56. The van der Waals surface area contributed by atoms with Gasteiger partial charge in [0.1, 0.15) is 11.8 Å². The van der Waals surface area contributed by atoms with Crippen LogP contribution in [0.5, 0.6) is 5.19 Å². The van der Waals surface area contributed by atoms with Crippen LogP contribution in [-0.2, 0) is 0 Å². The Balaban J connectivity index is 1.65. The molecule has 0 saturated carbocycles. The Labute approximate surface area is 99.0 Å². The highest BCUT2D eigenvalue weighted by molar-refractivity contribution is 7.11. The van der Waals surface area contributed by atoms with Crippen LogP contribution in [0.25, 0.3) is 0 Å². The maximum Gasteiger partial charge on any atom is 0.274 e. The number of likely N-dealkylation sites (tertiary alicyclic amines) is 1. The molecule has 0 bridgehead atoms. The molecule has 84 valence electrons. The third-order valence-corrected chi connectivity index (χ3v) is 3.61. The summed E-state index contributed by atoms with van der Waals surface area (Å²) in [5.74, 6) is 0. The minimum atomic E-state index is 0.521. The molecule has 0 amide bonds. The molecule has 3 nitrogen and oxygen atoms in total. The van der Waals surface area contributed by atoms with Gasteiger partial charge in [-0.25, -0.2) is 0 Å². The second kappa shape index (κ2) is 5.68. The summed E-state index contributed by atoms with van der Waals surface area (Å²) < 4.78 is 5.51. The third-order valence-electron chi connectivity index (χ3n) is 2.54. The monoisotopic (exact) mass is 246 g/mol. The van der Waals surface area contributed by atoms with Crippen molar-refractivity contribution < 1.29 is 4.74 Å². The van der Waals surface area contributed by atoms with Gasteiger partial charge < -0.3 is 4.74 Å². The molecule has 15 heavy (non-hydrogen) atoms. The van der Waals surface area contributed by atoms with Gasteiger partial charge in [-0.3, -0.25) is 4.90 Å². The van der Waals surface area contributed by atoms with E-state index in [2.05, 4.69) is 9.88 Å². The van der Waals surface area contributed by atoms with Crippen LogP contribution in [0.2, 0.25) is 5.15 Å². The predicted octanol–water partition coefficient (Wildman–Crippen LogP) is 2.66. The van der Waals surface area contributed by atoms with Gasteiger partial charge in [0.2, 0.25) is 0 Å². The van der Waals surface area contributed by atoms with Gasteiger partial charge in [-0.2, -0.15) is 4.98 Å². The second-order valence-electron chi connectivity index (χ2n) is 3.69. The Morgan fingerprint density at radius 2 is 2.20 bits per heavy atom. The van der Waals surface area contributed by atoms with Crippen LogP contribution in [0.4, 0.5) is 0 Å². The van der Waals surface area contributed by atoms with E-state index in [0.717, 1.165) is 6.54 Å². The summed E-state index contributed by atoms with van der Waals surface area (Å²) >= 11 is 7.15. The summed E-state index contributed by atoms with van der Waals surface area (Å²) in [4.78, 5) is 6.48. The van der Waals surface area contributed by atoms with Crippen molar-refractivity contribution in [2.24, 2.45) is 0 Å². The van der Waals surface area contributed by atoms with Crippen molar-refractivity contribution in [2.75, 3.05) is 26.2 Å². The van der Waals surface area contributed by atoms with Crippen molar-refractivity contribution in [3.05, 3.63) is 10.5 Å². The molecule has 0 radical (unpaired) electrons. The molecule has 5 heteroatoms. The lowest BCUT2D eigenvalue weighted by Gasteiger charge is -2.25. The van der Waals surface area contributed by atoms with Crippen molar-refractivity contribution in [3.63, 3.8) is 0 Å². The van der Waals surface area contributed by atoms with Crippen LogP contribution in [0.3, 0.4) is 0 Å². The Kier molecular flexibility index (Phi) is 4.23. The number of thiazole rings is 1. The van der Waals surface area contributed by atoms with E-state index in [0.29, 0.717) is 17.0 Å². The topological polar surface area (TPSA) is 25.4 Å². The molecule has 1 saturated heterocycles. The first kappa shape index (κ1) is 11.2. The van der Waals surface area contributed by atoms with Crippen LogP contribution in [0.15, 0.2) is 5.38 Å². The summed E-state index contributed by atoms with van der Waals surface area (Å²) in [7, 11) is 0. The van der Waals surface area contributed by atoms with Crippen molar-refractivity contribution in [1.82, 2.24) is 9.88 Å². The Bertz CT molecular complexity index is 299. The van der Waals surface area contributed by atoms with E-state index in [9.17, 15) is 0 Å². The fourth-order valence-corrected chi connectivity index (χ4v) is 2.56. The molecule has 1 aromatic rings. The quantitative estimate of drug-likeness (QED) is 0.817. The SMILES string of the molecule is Clc1csc(OCCN2CCCCC2)n1. The molecule has 1 aliphatic rings. The summed E-state index contributed by atoms with van der Waals surface area (Å²) in [5.41, 5.74) is 0. The van der Waals surface area contributed by atoms with Crippen LogP contribution in [-0.4, -0.2) is 36.1 Å². The first-order valence-electron chi connectivity index (χ1n) is 5.31. The molecule has 0 spiro atoms. The number of hydrogen-bond acceptors (Lipinski definition) is 4. The molecule has 1 aliphatic heterocycles. The molecule has 0 N–H and O–H groups in total. The molecular weight excluding hydrogens is 232 g/mol. The summed E-state index contributed by atoms with van der Waals surface area (Å²) in [5, 5.41) is 2.99. The van der Waals surface area contributed by atoms with Gasteiger partial charge in [0.05, 0.1) is 0 Å². The Morgan fingerprint density at radius 3 is 2.87 bits per heavy atom. The Morgan fingerprint density at radius 1 is 1.40 bits per heavy atom. The fraction of sp³-hybridized carbons (Fsp3) is 0.700. The smallest absolute Gasteiger partial charge is 0.274 e. The van der Waals surface area contributed by atoms with E-state index in [4.69, 9.17) is 16.3 Å². The summed E-state index contributed by atoms with van der Waals surface area (Å²) in [6.45, 7) is 4.13. The van der Waals surface area contributed by atoms with Crippen LogP contribution in [0.1, 0.15) is 19.3 Å². The van der Waals surface area contributed by atoms with Crippen molar-refractivity contribution in [1.29, 1.82) is 0 Å². The first-order chi connectivity index (χ1) is 7.34. The van der Waals surface area contributed by atoms with Crippen LogP contribution >= 0.6 is 22.9 Å². The van der Waals surface area contributed by atoms with Crippen molar-refractivity contribution in [3.8, 4) is 5.19 Å². The van der Waals surface area contributed by atoms with Gasteiger partial charge in [0, 0.05) is 11.9 Å². The van der Waals surface area contributed by atoms with Crippen LogP contribution in [0, 0.1) is 0 Å². The lowest BCUT2D eigenvalue weighted by atomic mass is 10.1. The van der Waals surface area contributed by atoms with Crippen molar-refractivity contribution >= 4 is 22.9 Å². The van der Waals surface area contributed by atoms with E-state index in [-0.39, 0.29) is 0 Å². The maximum absolute atomic E-state index is 5.70. The molecule has 0 unspecified atom stereocenters. The molecule has 2 rings (SSSR count). The average molecular weight is 247 g/mol. The average Bonchev–Trinajstić information content (AvgIpc) is 2.66. The Hall–Kier alpha value is -0.320. The molecule has 2 heterocycles. The van der Waals surface area contributed by atoms with Gasteiger partial charge in [0.15, 0.2) is 0 Å². The van der Waals surface area contributed by atoms with E-state index in [1.807, 2.05) is 0 Å². The molecule has 1 aromatic heterocycles. The van der Waals surface area contributed by atoms with Gasteiger partial charge in [-0.15, -0.1) is 0 Å². The summed E-state index contributed by atoms with van der Waals surface area (Å²) in [6, 6.07) is 0. The van der Waals surface area contributed by atoms with E-state index in [1.54, 1.807) is 5.38 Å². The lowest BCUT2D eigenvalue weighted by Crippen LogP contribution is -2.33. The number of rotatable bonds is 4. The van der Waals surface area contributed by atoms with Gasteiger partial charge in [-0.05, 0) is 25.9 Å². The largest absolute Gasteiger partial charge is 0.469 e. The molecule has 1 fully saturated rings. The normalized spacial score (nSPS) is 17.9. The zero-order valence-electron chi connectivity index (χ0n) is 8.62. The predicted molar refractivity (Wildman–Crippen MR) is 62.9 cm³/mol. The zero-order chi connectivity index (χ0) is 10.5. The van der Waals surface area contributed by atoms with E-state index in [1.165, 1.54) is 43.7 Å². The highest BCUT2D eigenvalue weighted by Crippen LogP contribution is 2.21. The number of hydrogen-bond donors (Lipinski definition) is 0. The number of piperidine rings is 1. The van der Waals surface area contributed by atoms with Gasteiger partial charge in [-0.1, -0.05) is 29.4 Å². The van der Waals surface area contributed by atoms with Gasteiger partial charge >= 0.3 is 0 Å². The number of nitrogens with zero attached hydrogens (tertiary/aromatic N) is 2. The zero-order valence-corrected chi connectivity index (χ0v) is 10.2. The number of ether oxygens (including phenoxy) is 1. The molecular formula is C10H15ClN2OS. The minimum absolute atomic E-state index is 0.521.